The molecule has 0 unspecified atom stereocenters. The zero-order valence-corrected chi connectivity index (χ0v) is 15.5. The molecule has 6 nitrogen and oxygen atoms in total. The smallest absolute Gasteiger partial charge is 0.321 e. The van der Waals surface area contributed by atoms with Crippen LogP contribution in [0, 0.1) is 12.8 Å². The molecule has 1 N–H and O–H groups in total. The Morgan fingerprint density at radius 2 is 2.00 bits per heavy atom. The van der Waals surface area contributed by atoms with Crippen LogP contribution in [0.15, 0.2) is 30.6 Å². The number of benzene rings is 1. The molecule has 0 atom stereocenters. The molecule has 0 saturated carbocycles. The first-order valence-corrected chi connectivity index (χ1v) is 8.48. The number of amides is 1. The zero-order chi connectivity index (χ0) is 17.7. The van der Waals surface area contributed by atoms with Crippen LogP contribution in [0.4, 0.5) is 5.69 Å². The fraction of sp³-hybridized carbons (Fsp3) is 0.312. The van der Waals surface area contributed by atoms with E-state index in [9.17, 15) is 4.79 Å². The number of hydrogen-bond acceptors (Lipinski definition) is 6. The van der Waals surface area contributed by atoms with E-state index >= 15 is 0 Å². The largest absolute Gasteiger partial charge is 0.424 e. The van der Waals surface area contributed by atoms with Gasteiger partial charge in [0.15, 0.2) is 0 Å². The molecule has 1 aromatic carbocycles. The monoisotopic (exact) mass is 366 g/mol. The van der Waals surface area contributed by atoms with Crippen LogP contribution >= 0.6 is 23.7 Å². The second-order valence-electron chi connectivity index (χ2n) is 5.45. The maximum atomic E-state index is 11.9. The molecule has 1 heterocycles. The lowest BCUT2D eigenvalue weighted by Gasteiger charge is -2.18. The first-order valence-electron chi connectivity index (χ1n) is 7.33. The standard InChI is InChI=1S/C16H19ClN4O2S/c1-10(2)15(22)21(4)24-20-13-6-5-11(3)14(7-13)23-16-18-8-12(17)9-19-16/h5-10,20H,1-4H3. The van der Waals surface area contributed by atoms with Gasteiger partial charge in [0, 0.05) is 24.7 Å². The van der Waals surface area contributed by atoms with Crippen molar-refractivity contribution in [2.75, 3.05) is 11.8 Å². The van der Waals surface area contributed by atoms with Gasteiger partial charge in [-0.15, -0.1) is 0 Å². The molecular weight excluding hydrogens is 348 g/mol. The Hall–Kier alpha value is -1.99. The van der Waals surface area contributed by atoms with Crippen LogP contribution in [-0.4, -0.2) is 27.2 Å². The Balaban J connectivity index is 2.05. The van der Waals surface area contributed by atoms with Gasteiger partial charge in [-0.3, -0.25) is 9.10 Å². The Labute approximate surface area is 150 Å². The van der Waals surface area contributed by atoms with E-state index in [1.165, 1.54) is 24.5 Å². The van der Waals surface area contributed by atoms with E-state index in [1.807, 2.05) is 39.0 Å². The summed E-state index contributed by atoms with van der Waals surface area (Å²) >= 11 is 6.98. The van der Waals surface area contributed by atoms with Crippen LogP contribution in [0.1, 0.15) is 19.4 Å². The van der Waals surface area contributed by atoms with E-state index in [1.54, 1.807) is 11.4 Å². The third-order valence-electron chi connectivity index (χ3n) is 3.09. The molecule has 0 aliphatic heterocycles. The predicted octanol–water partition coefficient (Wildman–Crippen LogP) is 4.32. The highest BCUT2D eigenvalue weighted by atomic mass is 35.5. The topological polar surface area (TPSA) is 67.4 Å². The number of halogens is 1. The van der Waals surface area contributed by atoms with Crippen LogP contribution in [0.3, 0.4) is 0 Å². The van der Waals surface area contributed by atoms with Gasteiger partial charge in [0.25, 0.3) is 0 Å². The summed E-state index contributed by atoms with van der Waals surface area (Å²) in [7, 11) is 1.73. The molecular formula is C16H19ClN4O2S. The molecule has 2 aromatic rings. The molecule has 0 spiro atoms. The van der Waals surface area contributed by atoms with E-state index in [2.05, 4.69) is 14.7 Å². The summed E-state index contributed by atoms with van der Waals surface area (Å²) in [6, 6.07) is 5.87. The van der Waals surface area contributed by atoms with Crippen molar-refractivity contribution in [3.05, 3.63) is 41.2 Å². The van der Waals surface area contributed by atoms with Crippen LogP contribution in [0.2, 0.25) is 5.02 Å². The number of aromatic nitrogens is 2. The quantitative estimate of drug-likeness (QED) is 0.768. The maximum absolute atomic E-state index is 11.9. The summed E-state index contributed by atoms with van der Waals surface area (Å²) in [5.74, 6) is 0.620. The second-order valence-corrected chi connectivity index (χ2v) is 6.82. The molecule has 2 rings (SSSR count). The minimum Gasteiger partial charge on any atom is -0.424 e. The van der Waals surface area contributed by atoms with Crippen molar-refractivity contribution < 1.29 is 9.53 Å². The summed E-state index contributed by atoms with van der Waals surface area (Å²) in [6.07, 6.45) is 2.95. The van der Waals surface area contributed by atoms with Crippen molar-refractivity contribution >= 4 is 35.3 Å². The highest BCUT2D eigenvalue weighted by molar-refractivity contribution is 7.98. The molecule has 24 heavy (non-hydrogen) atoms. The van der Waals surface area contributed by atoms with Gasteiger partial charge in [-0.25, -0.2) is 9.97 Å². The normalized spacial score (nSPS) is 10.6. The second kappa shape index (κ2) is 8.21. The van der Waals surface area contributed by atoms with E-state index in [-0.39, 0.29) is 17.8 Å². The van der Waals surface area contributed by atoms with Crippen LogP contribution < -0.4 is 9.46 Å². The van der Waals surface area contributed by atoms with Gasteiger partial charge < -0.3 is 9.46 Å². The maximum Gasteiger partial charge on any atom is 0.321 e. The molecule has 0 radical (unpaired) electrons. The number of nitrogens with one attached hydrogen (secondary N) is 1. The number of carbonyl (C=O) groups excluding carboxylic acids is 1. The fourth-order valence-electron chi connectivity index (χ4n) is 1.75. The Kier molecular flexibility index (Phi) is 6.28. The SMILES string of the molecule is Cc1ccc(NSN(C)C(=O)C(C)C)cc1Oc1ncc(Cl)cn1. The van der Waals surface area contributed by atoms with Gasteiger partial charge in [-0.05, 0) is 18.6 Å². The van der Waals surface area contributed by atoms with E-state index < -0.39 is 0 Å². The molecule has 8 heteroatoms. The van der Waals surface area contributed by atoms with Crippen molar-refractivity contribution in [2.24, 2.45) is 5.92 Å². The average Bonchev–Trinajstić information content (AvgIpc) is 2.56. The number of ether oxygens (including phenoxy) is 1. The van der Waals surface area contributed by atoms with Crippen molar-refractivity contribution in [1.29, 1.82) is 0 Å². The van der Waals surface area contributed by atoms with Gasteiger partial charge in [-0.1, -0.05) is 31.5 Å². The Bertz CT molecular complexity index is 710. The van der Waals surface area contributed by atoms with Gasteiger partial charge in [0.05, 0.1) is 29.6 Å². The number of anilines is 1. The summed E-state index contributed by atoms with van der Waals surface area (Å²) in [6.45, 7) is 5.66. The Morgan fingerprint density at radius 1 is 1.33 bits per heavy atom. The minimum atomic E-state index is -0.0525. The molecule has 0 aliphatic rings. The van der Waals surface area contributed by atoms with Crippen molar-refractivity contribution in [3.63, 3.8) is 0 Å². The summed E-state index contributed by atoms with van der Waals surface area (Å²) in [5, 5.41) is 0.448. The predicted molar refractivity (Wildman–Crippen MR) is 97.1 cm³/mol. The Morgan fingerprint density at radius 3 is 2.62 bits per heavy atom. The minimum absolute atomic E-state index is 0.0469. The number of rotatable bonds is 6. The van der Waals surface area contributed by atoms with Gasteiger partial charge in [0.1, 0.15) is 5.75 Å². The average molecular weight is 367 g/mol. The van der Waals surface area contributed by atoms with E-state index in [0.29, 0.717) is 10.8 Å². The van der Waals surface area contributed by atoms with Gasteiger partial charge in [0.2, 0.25) is 5.91 Å². The third kappa shape index (κ3) is 5.01. The molecule has 0 saturated heterocycles. The fourth-order valence-corrected chi connectivity index (χ4v) is 2.52. The van der Waals surface area contributed by atoms with Gasteiger partial charge in [-0.2, -0.15) is 0 Å². The van der Waals surface area contributed by atoms with Crippen molar-refractivity contribution in [1.82, 2.24) is 14.3 Å². The summed E-state index contributed by atoms with van der Waals surface area (Å²) in [5.41, 5.74) is 1.74. The number of carbonyl (C=O) groups is 1. The molecule has 1 aromatic heterocycles. The van der Waals surface area contributed by atoms with Crippen LogP contribution in [0.25, 0.3) is 0 Å². The molecule has 0 fully saturated rings. The first-order chi connectivity index (χ1) is 11.4. The highest BCUT2D eigenvalue weighted by Gasteiger charge is 2.14. The molecule has 0 bridgehead atoms. The van der Waals surface area contributed by atoms with Crippen molar-refractivity contribution in [3.8, 4) is 11.8 Å². The van der Waals surface area contributed by atoms with Gasteiger partial charge >= 0.3 is 6.01 Å². The van der Waals surface area contributed by atoms with E-state index in [4.69, 9.17) is 16.3 Å². The molecule has 1 amide bonds. The lowest BCUT2D eigenvalue weighted by molar-refractivity contribution is -0.128. The number of nitrogens with zero attached hydrogens (tertiary/aromatic N) is 3. The summed E-state index contributed by atoms with van der Waals surface area (Å²) in [4.78, 5) is 19.9. The molecule has 0 aliphatic carbocycles. The lowest BCUT2D eigenvalue weighted by atomic mass is 10.2. The van der Waals surface area contributed by atoms with E-state index in [0.717, 1.165) is 11.3 Å². The summed E-state index contributed by atoms with van der Waals surface area (Å²) < 4.78 is 10.4. The third-order valence-corrected chi connectivity index (χ3v) is 4.07. The molecule has 128 valence electrons. The first kappa shape index (κ1) is 18.4. The van der Waals surface area contributed by atoms with Crippen LogP contribution in [0.5, 0.6) is 11.8 Å². The van der Waals surface area contributed by atoms with Crippen LogP contribution in [-0.2, 0) is 4.79 Å². The highest BCUT2D eigenvalue weighted by Crippen LogP contribution is 2.28. The van der Waals surface area contributed by atoms with Crippen molar-refractivity contribution in [2.45, 2.75) is 20.8 Å². The number of hydrogen-bond donors (Lipinski definition) is 1. The zero-order valence-electron chi connectivity index (χ0n) is 13.9. The lowest BCUT2D eigenvalue weighted by Crippen LogP contribution is -2.25. The number of aryl methyl sites for hydroxylation is 1.